The molecule has 9 aromatic rings. The number of nitrogens with two attached hydrogens (primary N) is 1. The van der Waals surface area contributed by atoms with E-state index in [9.17, 15) is 38.0 Å². The second kappa shape index (κ2) is 29.0. The summed E-state index contributed by atoms with van der Waals surface area (Å²) in [5.41, 5.74) is 13.1. The van der Waals surface area contributed by atoms with Crippen molar-refractivity contribution in [1.29, 1.82) is 5.26 Å². The van der Waals surface area contributed by atoms with Crippen molar-refractivity contribution in [3.8, 4) is 63.4 Å². The summed E-state index contributed by atoms with van der Waals surface area (Å²) in [4.78, 5) is 56.4. The molecule has 3 spiro atoms. The van der Waals surface area contributed by atoms with Crippen LogP contribution in [0, 0.1) is 18.3 Å². The number of amides is 4. The second-order valence-electron chi connectivity index (χ2n) is 26.8. The number of nitrogens with zero attached hydrogens (tertiary/aromatic N) is 7. The number of ether oxygens (including phenoxy) is 7. The van der Waals surface area contributed by atoms with E-state index in [-0.39, 0.29) is 52.0 Å². The standard InChI is InChI=1S/C28H29N3O4.C26H28N2O5S.C25H24ClN3O5.3H2/c1-18(2)34-24-8-5-20(15-21(24)17-32)27(33)30-12-10-28(11-13-30)26-9-6-22(16-29)31(26)23-7-4-19(3)14-25(23)35-28;1-3-17-32-22-11-10-19(18-23(22)34(2,30)31)25(29)27-15-12-26(13-16-27)24-9-6-14-28(24)20-7-4-5-8-21(20)33-26;1-32-21-13-16(4-7-19(21)33-15-23(27)30)24(31)28-11-8-25(9-12-28)22-3-2-10-29(22)18-6-5-17(26)14-20(18)34-25;;;/h4-9,14-15,18,32H,10-13,17H2,1-3H3;4-11,14,18H,3,12-13,15-17H2,1-2H3;2-7,10,13-14H,8-9,11-12,15H2,1H3,(H2,27,30);3*1H. The molecule has 0 atom stereocenters. The normalized spacial score (nSPS) is 16.0. The monoisotopic (exact) mass is 1440 g/mol. The Morgan fingerprint density at radius 1 is 0.612 bits per heavy atom. The molecule has 15 rings (SSSR count). The maximum Gasteiger partial charge on any atom is 0.255 e. The maximum absolute atomic E-state index is 13.3. The minimum atomic E-state index is -3.55. The van der Waals surface area contributed by atoms with Gasteiger partial charge in [0, 0.05) is 134 Å². The van der Waals surface area contributed by atoms with Gasteiger partial charge in [0.1, 0.15) is 45.4 Å². The first kappa shape index (κ1) is 70.8. The molecule has 6 aromatic carbocycles. The van der Waals surface area contributed by atoms with E-state index in [0.29, 0.717) is 135 Å². The average Bonchev–Trinajstić information content (AvgIpc) is 1.46. The van der Waals surface area contributed by atoms with Crippen LogP contribution < -0.4 is 38.9 Å². The quantitative estimate of drug-likeness (QED) is 0.103. The number of hydrogen-bond donors (Lipinski definition) is 2. The number of rotatable bonds is 14. The lowest BCUT2D eigenvalue weighted by atomic mass is 9.86. The summed E-state index contributed by atoms with van der Waals surface area (Å²) in [6, 6.07) is 48.7. The average molecular weight is 1440 g/mol. The fraction of sp³-hybridized carbons (Fsp3) is 0.329. The summed E-state index contributed by atoms with van der Waals surface area (Å²) in [5, 5.41) is 20.1. The van der Waals surface area contributed by atoms with Crippen LogP contribution in [0.15, 0.2) is 169 Å². The van der Waals surface area contributed by atoms with Crippen LogP contribution in [0.4, 0.5) is 0 Å². The molecule has 0 unspecified atom stereocenters. The SMILES string of the molecule is CCCOc1ccc(C(=O)N2CCC3(CC2)Oc2ccccc2-n2cccc23)cc1S(C)(=O)=O.COc1cc(C(=O)N2CCC3(CC2)Oc2cc(Cl)ccc2-n2cccc23)ccc1OCC(N)=O.Cc1ccc2c(c1)OC1(CCN(C(=O)c3ccc(OC(C)C)c(CO)c3)CC1)c1ccc(C#N)n1-2.[HH].[HH].[HH]. The molecule has 0 saturated carbocycles. The van der Waals surface area contributed by atoms with Gasteiger partial charge in [-0.2, -0.15) is 5.26 Å². The van der Waals surface area contributed by atoms with Crippen LogP contribution in [-0.2, 0) is 38.0 Å². The number of likely N-dealkylation sites (tertiary alicyclic amines) is 3. The van der Waals surface area contributed by atoms with E-state index in [0.717, 1.165) is 69.6 Å². The fourth-order valence-electron chi connectivity index (χ4n) is 14.6. The summed E-state index contributed by atoms with van der Waals surface area (Å²) in [5.74, 6) is 2.97. The van der Waals surface area contributed by atoms with Gasteiger partial charge in [-0.25, -0.2) is 8.42 Å². The third-order valence-electron chi connectivity index (χ3n) is 19.7. The van der Waals surface area contributed by atoms with Crippen LogP contribution in [0.25, 0.3) is 17.1 Å². The fourth-order valence-corrected chi connectivity index (χ4v) is 15.6. The van der Waals surface area contributed by atoms with Crippen molar-refractivity contribution in [3.05, 3.63) is 220 Å². The van der Waals surface area contributed by atoms with Crippen LogP contribution in [0.5, 0.6) is 40.2 Å². The van der Waals surface area contributed by atoms with Crippen LogP contribution in [0.1, 0.15) is 135 Å². The van der Waals surface area contributed by atoms with E-state index in [1.54, 1.807) is 53.4 Å². The number of sulfone groups is 1. The van der Waals surface area contributed by atoms with Crippen molar-refractivity contribution in [2.75, 3.05) is 65.8 Å². The maximum atomic E-state index is 13.3. The molecule has 4 amide bonds. The van der Waals surface area contributed by atoms with Crippen molar-refractivity contribution in [2.45, 2.75) is 107 Å². The minimum absolute atomic E-state index is 0. The third kappa shape index (κ3) is 14.0. The number of carbonyl (C=O) groups is 4. The molecule has 22 nitrogen and oxygen atoms in total. The molecule has 6 aliphatic rings. The van der Waals surface area contributed by atoms with Crippen LogP contribution in [0.3, 0.4) is 0 Å². The summed E-state index contributed by atoms with van der Waals surface area (Å²) in [6.07, 6.45) is 9.75. The van der Waals surface area contributed by atoms with Crippen LogP contribution in [0.2, 0.25) is 5.02 Å². The van der Waals surface area contributed by atoms with Crippen molar-refractivity contribution in [3.63, 3.8) is 0 Å². The number of aromatic nitrogens is 3. The predicted octanol–water partition coefficient (Wildman–Crippen LogP) is 12.9. The summed E-state index contributed by atoms with van der Waals surface area (Å²) < 4.78 is 72.7. The lowest BCUT2D eigenvalue weighted by Gasteiger charge is -2.45. The Kier molecular flexibility index (Phi) is 19.9. The zero-order chi connectivity index (χ0) is 72.5. The zero-order valence-corrected chi connectivity index (χ0v) is 59.8. The number of carbonyl (C=O) groups excluding carboxylic acids is 4. The lowest BCUT2D eigenvalue weighted by Crippen LogP contribution is -2.50. The highest BCUT2D eigenvalue weighted by atomic mass is 35.5. The van der Waals surface area contributed by atoms with E-state index < -0.39 is 32.5 Å². The number of methoxy groups -OCH3 is 1. The predicted molar refractivity (Wildman–Crippen MR) is 392 cm³/mol. The summed E-state index contributed by atoms with van der Waals surface area (Å²) in [7, 11) is -2.07. The van der Waals surface area contributed by atoms with Crippen molar-refractivity contribution in [2.24, 2.45) is 5.73 Å². The molecule has 6 aliphatic heterocycles. The number of fused-ring (bicyclic) bond motifs is 12. The molecular weight excluding hydrogens is 1350 g/mol. The first-order chi connectivity index (χ1) is 49.6. The van der Waals surface area contributed by atoms with Gasteiger partial charge in [-0.3, -0.25) is 23.7 Å². The highest BCUT2D eigenvalue weighted by Crippen LogP contribution is 2.50. The third-order valence-corrected chi connectivity index (χ3v) is 21.1. The van der Waals surface area contributed by atoms with Gasteiger partial charge in [-0.1, -0.05) is 36.7 Å². The van der Waals surface area contributed by atoms with E-state index >= 15 is 0 Å². The Morgan fingerprint density at radius 3 is 1.69 bits per heavy atom. The number of benzene rings is 6. The number of halogens is 1. The van der Waals surface area contributed by atoms with E-state index in [4.69, 9.17) is 50.5 Å². The Hall–Kier alpha value is -10.7. The highest BCUT2D eigenvalue weighted by Gasteiger charge is 2.48. The van der Waals surface area contributed by atoms with E-state index in [2.05, 4.69) is 27.3 Å². The number of nitriles is 1. The number of para-hydroxylation sites is 2. The number of primary amides is 1. The van der Waals surface area contributed by atoms with Gasteiger partial charge in [-0.05, 0) is 160 Å². The molecule has 24 heteroatoms. The summed E-state index contributed by atoms with van der Waals surface area (Å²) in [6.45, 7) is 10.9. The van der Waals surface area contributed by atoms with Gasteiger partial charge >= 0.3 is 0 Å². The molecular formula is C79H87ClN8O14S. The van der Waals surface area contributed by atoms with Crippen molar-refractivity contribution >= 4 is 45.1 Å². The zero-order valence-electron chi connectivity index (χ0n) is 58.2. The molecule has 0 aliphatic carbocycles. The molecule has 103 heavy (non-hydrogen) atoms. The highest BCUT2D eigenvalue weighted by molar-refractivity contribution is 7.90. The molecule has 0 radical (unpaired) electrons. The number of piperidine rings is 3. The summed E-state index contributed by atoms with van der Waals surface area (Å²) >= 11 is 6.22. The molecule has 540 valence electrons. The number of aryl methyl sites for hydroxylation is 1. The molecule has 3 fully saturated rings. The Balaban J connectivity index is 0.000000168. The minimum Gasteiger partial charge on any atom is -0.493 e. The van der Waals surface area contributed by atoms with Crippen molar-refractivity contribution in [1.82, 2.24) is 28.4 Å². The molecule has 3 saturated heterocycles. The second-order valence-corrected chi connectivity index (χ2v) is 29.3. The molecule has 3 aromatic heterocycles. The molecule has 0 bridgehead atoms. The molecule has 3 N–H and O–H groups in total. The van der Waals surface area contributed by atoms with Crippen LogP contribution >= 0.6 is 11.6 Å². The van der Waals surface area contributed by atoms with E-state index in [1.807, 2.05) is 139 Å². The Morgan fingerprint density at radius 2 is 1.14 bits per heavy atom. The van der Waals surface area contributed by atoms with Gasteiger partial charge in [0.25, 0.3) is 23.6 Å². The number of aliphatic hydroxyl groups excluding tert-OH is 1. The van der Waals surface area contributed by atoms with Gasteiger partial charge in [-0.15, -0.1) is 0 Å². The lowest BCUT2D eigenvalue weighted by molar-refractivity contribution is -0.120. The van der Waals surface area contributed by atoms with Crippen molar-refractivity contribution < 1.29 is 70.1 Å². The largest absolute Gasteiger partial charge is 0.493 e. The topological polar surface area (TPSA) is 262 Å². The van der Waals surface area contributed by atoms with Gasteiger partial charge in [0.2, 0.25) is 0 Å². The molecule has 9 heterocycles. The van der Waals surface area contributed by atoms with Gasteiger partial charge in [0.15, 0.2) is 44.7 Å². The van der Waals surface area contributed by atoms with Gasteiger partial charge in [0.05, 0.1) is 60.6 Å². The smallest absolute Gasteiger partial charge is 0.255 e. The number of aliphatic hydroxyl groups is 1. The first-order valence-corrected chi connectivity index (χ1v) is 36.7. The Labute approximate surface area is 607 Å². The van der Waals surface area contributed by atoms with Gasteiger partial charge < -0.3 is 67.8 Å². The first-order valence-electron chi connectivity index (χ1n) is 34.5. The van der Waals surface area contributed by atoms with E-state index in [1.165, 1.54) is 13.2 Å². The Bertz CT molecular complexity index is 4910. The van der Waals surface area contributed by atoms with Crippen LogP contribution in [-0.4, -0.2) is 138 Å². The number of hydrogen-bond acceptors (Lipinski definition) is 15.